The highest BCUT2D eigenvalue weighted by atomic mass is 79.9. The van der Waals surface area contributed by atoms with Crippen LogP contribution in [0.1, 0.15) is 25.0 Å². The number of halogens is 1. The van der Waals surface area contributed by atoms with Gasteiger partial charge in [0.15, 0.2) is 0 Å². The molecule has 1 nitrogen and oxygen atoms in total. The third-order valence-corrected chi connectivity index (χ3v) is 9.17. The van der Waals surface area contributed by atoms with E-state index < -0.39 is 0 Å². The molecule has 0 aliphatic heterocycles. The smallest absolute Gasteiger partial charge is 0.0651 e. The van der Waals surface area contributed by atoms with Crippen LogP contribution in [0, 0.1) is 0 Å². The lowest BCUT2D eigenvalue weighted by molar-refractivity contribution is 0.660. The van der Waals surface area contributed by atoms with Crippen LogP contribution >= 0.6 is 27.3 Å². The minimum absolute atomic E-state index is 0.0471. The van der Waals surface area contributed by atoms with Gasteiger partial charge < -0.3 is 4.90 Å². The summed E-state index contributed by atoms with van der Waals surface area (Å²) in [5, 5.41) is 2.59. The van der Waals surface area contributed by atoms with Crippen LogP contribution in [-0.2, 0) is 5.41 Å². The molecule has 0 amide bonds. The quantitative estimate of drug-likeness (QED) is 0.213. The zero-order chi connectivity index (χ0) is 24.4. The van der Waals surface area contributed by atoms with E-state index in [9.17, 15) is 0 Å². The number of hydrogen-bond acceptors (Lipinski definition) is 2. The van der Waals surface area contributed by atoms with Crippen molar-refractivity contribution in [2.45, 2.75) is 19.3 Å². The molecule has 0 saturated carbocycles. The van der Waals surface area contributed by atoms with Crippen LogP contribution in [0.2, 0.25) is 0 Å². The summed E-state index contributed by atoms with van der Waals surface area (Å²) >= 11 is 5.70. The number of para-hydroxylation sites is 1. The van der Waals surface area contributed by atoms with Crippen LogP contribution < -0.4 is 4.90 Å². The molecule has 0 atom stereocenters. The van der Waals surface area contributed by atoms with Gasteiger partial charge in [-0.05, 0) is 64.7 Å². The van der Waals surface area contributed by atoms with Gasteiger partial charge in [0.25, 0.3) is 0 Å². The molecule has 0 unspecified atom stereocenters. The minimum atomic E-state index is -0.0471. The van der Waals surface area contributed by atoms with Gasteiger partial charge >= 0.3 is 0 Å². The summed E-state index contributed by atoms with van der Waals surface area (Å²) in [5.74, 6) is 0. The van der Waals surface area contributed by atoms with E-state index in [1.807, 2.05) is 11.3 Å². The monoisotopic (exact) mass is 545 g/mol. The SMILES string of the molecule is CC1(C)c2ccccc2-c2ccc(N(c3ccccc3)c3cc(Br)cc4c3sc3ccccc34)cc21. The number of hydrogen-bond donors (Lipinski definition) is 0. The third kappa shape index (κ3) is 3.20. The summed E-state index contributed by atoms with van der Waals surface area (Å²) < 4.78 is 3.69. The molecule has 1 aromatic heterocycles. The van der Waals surface area contributed by atoms with Gasteiger partial charge in [-0.3, -0.25) is 0 Å². The van der Waals surface area contributed by atoms with E-state index in [0.717, 1.165) is 10.2 Å². The van der Waals surface area contributed by atoms with Crippen molar-refractivity contribution in [3.8, 4) is 11.1 Å². The normalized spacial score (nSPS) is 13.6. The average Bonchev–Trinajstić information content (AvgIpc) is 3.38. The molecule has 36 heavy (non-hydrogen) atoms. The van der Waals surface area contributed by atoms with E-state index in [1.54, 1.807) is 0 Å². The summed E-state index contributed by atoms with van der Waals surface area (Å²) in [7, 11) is 0. The molecule has 1 aliphatic carbocycles. The second-order valence-electron chi connectivity index (χ2n) is 9.97. The highest BCUT2D eigenvalue weighted by Gasteiger charge is 2.35. The maximum Gasteiger partial charge on any atom is 0.0651 e. The Kier molecular flexibility index (Phi) is 4.89. The van der Waals surface area contributed by atoms with Crippen molar-refractivity contribution in [3.05, 3.63) is 125 Å². The van der Waals surface area contributed by atoms with Crippen molar-refractivity contribution < 1.29 is 0 Å². The first-order chi connectivity index (χ1) is 17.5. The molecule has 174 valence electrons. The van der Waals surface area contributed by atoms with Crippen molar-refractivity contribution in [1.82, 2.24) is 0 Å². The summed E-state index contributed by atoms with van der Waals surface area (Å²) in [4.78, 5) is 2.42. The summed E-state index contributed by atoms with van der Waals surface area (Å²) in [5.41, 5.74) is 8.95. The van der Waals surface area contributed by atoms with Crippen molar-refractivity contribution in [1.29, 1.82) is 0 Å². The van der Waals surface area contributed by atoms with E-state index in [-0.39, 0.29) is 5.41 Å². The van der Waals surface area contributed by atoms with Crippen LogP contribution in [-0.4, -0.2) is 0 Å². The van der Waals surface area contributed by atoms with Gasteiger partial charge in [-0.1, -0.05) is 96.5 Å². The Bertz CT molecular complexity index is 1780. The Hall–Kier alpha value is -3.40. The summed E-state index contributed by atoms with van der Waals surface area (Å²) in [6.45, 7) is 4.69. The topological polar surface area (TPSA) is 3.24 Å². The minimum Gasteiger partial charge on any atom is -0.309 e. The van der Waals surface area contributed by atoms with Crippen molar-refractivity contribution >= 4 is 64.5 Å². The number of fused-ring (bicyclic) bond motifs is 6. The van der Waals surface area contributed by atoms with Gasteiger partial charge in [-0.15, -0.1) is 11.3 Å². The van der Waals surface area contributed by atoms with Crippen LogP contribution in [0.5, 0.6) is 0 Å². The predicted molar refractivity (Wildman–Crippen MR) is 159 cm³/mol. The van der Waals surface area contributed by atoms with Gasteiger partial charge in [0.05, 0.1) is 10.4 Å². The maximum atomic E-state index is 3.83. The Labute approximate surface area is 223 Å². The van der Waals surface area contributed by atoms with Gasteiger partial charge in [0.2, 0.25) is 0 Å². The van der Waals surface area contributed by atoms with Crippen molar-refractivity contribution in [2.75, 3.05) is 4.90 Å². The summed E-state index contributed by atoms with van der Waals surface area (Å²) in [6, 6.07) is 39.8. The molecule has 6 aromatic rings. The predicted octanol–water partition coefficient (Wildman–Crippen LogP) is 10.6. The summed E-state index contributed by atoms with van der Waals surface area (Å²) in [6.07, 6.45) is 0. The molecular weight excluding hydrogens is 522 g/mol. The first-order valence-corrected chi connectivity index (χ1v) is 13.8. The lowest BCUT2D eigenvalue weighted by atomic mass is 9.82. The maximum absolute atomic E-state index is 3.83. The van der Waals surface area contributed by atoms with E-state index in [2.05, 4.69) is 144 Å². The van der Waals surface area contributed by atoms with Gasteiger partial charge in [0.1, 0.15) is 0 Å². The first-order valence-electron chi connectivity index (χ1n) is 12.2. The third-order valence-electron chi connectivity index (χ3n) is 7.50. The van der Waals surface area contributed by atoms with E-state index in [4.69, 9.17) is 0 Å². The molecule has 1 aliphatic rings. The molecular formula is C33H24BrNS. The number of benzene rings is 5. The lowest BCUT2D eigenvalue weighted by Crippen LogP contribution is -2.16. The van der Waals surface area contributed by atoms with Crippen LogP contribution in [0.3, 0.4) is 0 Å². The number of nitrogens with zero attached hydrogens (tertiary/aromatic N) is 1. The molecule has 0 fully saturated rings. The molecule has 0 N–H and O–H groups in total. The molecule has 0 spiro atoms. The van der Waals surface area contributed by atoms with E-state index in [1.165, 1.54) is 53.8 Å². The first kappa shape index (κ1) is 21.8. The molecule has 5 aromatic carbocycles. The fourth-order valence-electron chi connectivity index (χ4n) is 5.78. The number of thiophene rings is 1. The lowest BCUT2D eigenvalue weighted by Gasteiger charge is -2.28. The van der Waals surface area contributed by atoms with E-state index in [0.29, 0.717) is 0 Å². The Morgan fingerprint density at radius 2 is 1.36 bits per heavy atom. The molecule has 3 heteroatoms. The van der Waals surface area contributed by atoms with Crippen LogP contribution in [0.4, 0.5) is 17.1 Å². The molecule has 0 saturated heterocycles. The molecule has 0 bridgehead atoms. The largest absolute Gasteiger partial charge is 0.309 e. The second kappa shape index (κ2) is 8.06. The Morgan fingerprint density at radius 1 is 0.639 bits per heavy atom. The standard InChI is InChI=1S/C33H24BrNS/c1-33(2)28-14-8-6-12-24(28)25-17-16-23(20-29(25)33)35(22-10-4-3-5-11-22)30-19-21(34)18-27-26-13-7-9-15-31(26)36-32(27)30/h3-20H,1-2H3. The van der Waals surface area contributed by atoms with Gasteiger partial charge in [-0.25, -0.2) is 0 Å². The van der Waals surface area contributed by atoms with E-state index >= 15 is 0 Å². The van der Waals surface area contributed by atoms with Gasteiger partial charge in [-0.2, -0.15) is 0 Å². The van der Waals surface area contributed by atoms with Crippen LogP contribution in [0.15, 0.2) is 114 Å². The molecule has 1 heterocycles. The number of rotatable bonds is 3. The Morgan fingerprint density at radius 3 is 2.22 bits per heavy atom. The highest BCUT2D eigenvalue weighted by molar-refractivity contribution is 9.10. The fourth-order valence-corrected chi connectivity index (χ4v) is 7.41. The zero-order valence-corrected chi connectivity index (χ0v) is 22.5. The Balaban J connectivity index is 1.51. The highest BCUT2D eigenvalue weighted by Crippen LogP contribution is 2.52. The van der Waals surface area contributed by atoms with Crippen molar-refractivity contribution in [3.63, 3.8) is 0 Å². The molecule has 0 radical (unpaired) electrons. The fraction of sp³-hybridized carbons (Fsp3) is 0.0909. The molecule has 7 rings (SSSR count). The van der Waals surface area contributed by atoms with Gasteiger partial charge in [0, 0.05) is 36.7 Å². The second-order valence-corrected chi connectivity index (χ2v) is 11.9. The zero-order valence-electron chi connectivity index (χ0n) is 20.1. The number of anilines is 3. The van der Waals surface area contributed by atoms with Crippen LogP contribution in [0.25, 0.3) is 31.3 Å². The average molecular weight is 547 g/mol. The van der Waals surface area contributed by atoms with Crippen molar-refractivity contribution in [2.24, 2.45) is 0 Å².